The van der Waals surface area contributed by atoms with Gasteiger partial charge < -0.3 is 9.94 Å². The second-order valence-electron chi connectivity index (χ2n) is 2.45. The predicted octanol–water partition coefficient (Wildman–Crippen LogP) is 0.393. The number of nitrogens with one attached hydrogen (secondary N) is 1. The molecule has 76 valence electrons. The highest BCUT2D eigenvalue weighted by molar-refractivity contribution is 7.84. The molecule has 0 aromatic carbocycles. The Labute approximate surface area is 89.8 Å². The fraction of sp³-hybridized carbons (Fsp3) is 0.375. The third-order valence-electron chi connectivity index (χ3n) is 1.45. The van der Waals surface area contributed by atoms with Crippen molar-refractivity contribution >= 4 is 26.4 Å². The van der Waals surface area contributed by atoms with Crippen LogP contribution in [0.2, 0.25) is 0 Å². The number of carbonyl (C=O) groups is 1. The fourth-order valence-corrected chi connectivity index (χ4v) is 1.04. The first kappa shape index (κ1) is 13.3. The third-order valence-corrected chi connectivity index (χ3v) is 1.79. The van der Waals surface area contributed by atoms with Gasteiger partial charge in [0.25, 0.3) is 0 Å². The zero-order chi connectivity index (χ0) is 11.0. The smallest absolute Gasteiger partial charge is 0.325 e. The number of hydrogen-bond donors (Lipinski definition) is 3. The van der Waals surface area contributed by atoms with E-state index in [2.05, 4.69) is 17.4 Å². The molecule has 0 fully saturated rings. The minimum absolute atomic E-state index is 0.233. The number of rotatable bonds is 5. The topological polar surface area (TPSA) is 58.6 Å². The Morgan fingerprint density at radius 2 is 2.43 bits per heavy atom. The van der Waals surface area contributed by atoms with Crippen molar-refractivity contribution in [1.82, 2.24) is 5.48 Å². The average Bonchev–Trinajstić information content (AvgIpc) is 2.21. The first-order chi connectivity index (χ1) is 6.65. The predicted molar refractivity (Wildman–Crippen MR) is 57.3 cm³/mol. The van der Waals surface area contributed by atoms with Crippen LogP contribution >= 0.6 is 12.6 Å². The van der Waals surface area contributed by atoms with E-state index < -0.39 is 12.0 Å². The van der Waals surface area contributed by atoms with Crippen LogP contribution in [0.5, 0.6) is 0 Å². The van der Waals surface area contributed by atoms with Gasteiger partial charge in [-0.05, 0) is 4.91 Å². The third kappa shape index (κ3) is 5.11. The molecule has 0 aliphatic rings. The van der Waals surface area contributed by atoms with Gasteiger partial charge in [0.05, 0.1) is 7.11 Å². The fourth-order valence-electron chi connectivity index (χ4n) is 0.768. The highest BCUT2D eigenvalue weighted by atomic mass is 32.1. The van der Waals surface area contributed by atoms with Crippen LogP contribution in [0.4, 0.5) is 0 Å². The van der Waals surface area contributed by atoms with Gasteiger partial charge in [0.15, 0.2) is 0 Å². The number of carbonyl (C=O) groups excluding carboxylic acids is 1. The summed E-state index contributed by atoms with van der Waals surface area (Å²) in [5, 5.41) is 8.65. The zero-order valence-electron chi connectivity index (χ0n) is 7.80. The Morgan fingerprint density at radius 3 is 2.86 bits per heavy atom. The second kappa shape index (κ2) is 7.67. The van der Waals surface area contributed by atoms with Crippen LogP contribution < -0.4 is 5.48 Å². The maximum Gasteiger partial charge on any atom is 0.325 e. The molecule has 0 bridgehead atoms. The monoisotopic (exact) mass is 213 g/mol. The van der Waals surface area contributed by atoms with Gasteiger partial charge in [-0.3, -0.25) is 4.79 Å². The van der Waals surface area contributed by atoms with E-state index in [1.54, 1.807) is 12.2 Å². The summed E-state index contributed by atoms with van der Waals surface area (Å²) >= 11 is 4.09. The molecule has 0 aliphatic heterocycles. The van der Waals surface area contributed by atoms with Crippen LogP contribution in [0.1, 0.15) is 6.42 Å². The van der Waals surface area contributed by atoms with Crippen molar-refractivity contribution in [2.75, 3.05) is 7.11 Å². The first-order valence-electron chi connectivity index (χ1n) is 3.89. The number of hydroxylamine groups is 1. The van der Waals surface area contributed by atoms with Gasteiger partial charge in [0.2, 0.25) is 0 Å². The molecule has 0 aromatic heterocycles. The second-order valence-corrected chi connectivity index (χ2v) is 3.03. The van der Waals surface area contributed by atoms with E-state index in [4.69, 9.17) is 13.1 Å². The van der Waals surface area contributed by atoms with Gasteiger partial charge in [0.1, 0.15) is 13.9 Å². The van der Waals surface area contributed by atoms with E-state index >= 15 is 0 Å². The summed E-state index contributed by atoms with van der Waals surface area (Å²) in [4.78, 5) is 11.6. The van der Waals surface area contributed by atoms with Crippen LogP contribution in [0, 0.1) is 0 Å². The van der Waals surface area contributed by atoms with Gasteiger partial charge in [0, 0.05) is 6.42 Å². The molecule has 0 spiro atoms. The van der Waals surface area contributed by atoms with Crippen molar-refractivity contribution in [3.8, 4) is 0 Å². The Morgan fingerprint density at radius 1 is 1.79 bits per heavy atom. The zero-order valence-corrected chi connectivity index (χ0v) is 8.70. The number of esters is 1. The van der Waals surface area contributed by atoms with Crippen molar-refractivity contribution in [3.63, 3.8) is 0 Å². The summed E-state index contributed by atoms with van der Waals surface area (Å²) in [7, 11) is 6.35. The molecule has 0 rings (SSSR count). The van der Waals surface area contributed by atoms with Crippen LogP contribution in [0.3, 0.4) is 0 Å². The summed E-state index contributed by atoms with van der Waals surface area (Å²) in [5.74, 6) is 0.791. The molecule has 0 saturated carbocycles. The van der Waals surface area contributed by atoms with Crippen molar-refractivity contribution < 1.29 is 14.7 Å². The highest BCUT2D eigenvalue weighted by Crippen LogP contribution is 2.10. The molecule has 1 atom stereocenters. The van der Waals surface area contributed by atoms with E-state index in [1.165, 1.54) is 13.1 Å². The maximum atomic E-state index is 11.0. The molecule has 0 aliphatic carbocycles. The van der Waals surface area contributed by atoms with Gasteiger partial charge in [-0.25, -0.2) is 0 Å². The molecule has 2 radical (unpaired) electrons. The largest absolute Gasteiger partial charge is 0.468 e. The molecular weight excluding hydrogens is 201 g/mol. The minimum Gasteiger partial charge on any atom is -0.468 e. The summed E-state index contributed by atoms with van der Waals surface area (Å²) in [6.45, 7) is 0. The molecule has 4 nitrogen and oxygen atoms in total. The summed E-state index contributed by atoms with van der Waals surface area (Å²) in [6.07, 6.45) is 3.43. The van der Waals surface area contributed by atoms with Crippen molar-refractivity contribution in [3.05, 3.63) is 23.0 Å². The average molecular weight is 213 g/mol. The lowest BCUT2D eigenvalue weighted by molar-refractivity contribution is -0.145. The molecule has 6 heteroatoms. The lowest BCUT2D eigenvalue weighted by atomic mass is 10.1. The Balaban J connectivity index is 4.24. The molecular formula is C8H12BNO3S. The molecule has 0 amide bonds. The Bertz CT molecular complexity index is 243. The number of thiol groups is 1. The number of hydrogen-bond acceptors (Lipinski definition) is 5. The van der Waals surface area contributed by atoms with Crippen molar-refractivity contribution in [2.45, 2.75) is 12.5 Å². The van der Waals surface area contributed by atoms with Crippen molar-refractivity contribution in [2.24, 2.45) is 0 Å². The molecule has 0 aromatic rings. The van der Waals surface area contributed by atoms with Crippen molar-refractivity contribution in [1.29, 1.82) is 0 Å². The number of allylic oxidation sites excluding steroid dienone is 2. The summed E-state index contributed by atoms with van der Waals surface area (Å²) in [6, 6.07) is -0.810. The molecule has 1 unspecified atom stereocenters. The standard InChI is InChI=1S/C8H12BNO3S/c1-13-8(11)7(10-12)5-6(14)3-2-4-9/h2-4,7,10,12,14H,5H2,1H3/b4-2+,6-3-. The van der Waals surface area contributed by atoms with Crippen LogP contribution in [0.15, 0.2) is 23.0 Å². The van der Waals surface area contributed by atoms with Gasteiger partial charge in [-0.15, -0.1) is 18.6 Å². The van der Waals surface area contributed by atoms with Crippen LogP contribution in [-0.4, -0.2) is 32.2 Å². The normalized spacial score (nSPS) is 14.4. The van der Waals surface area contributed by atoms with Crippen LogP contribution in [-0.2, 0) is 9.53 Å². The summed E-state index contributed by atoms with van der Waals surface area (Å²) < 4.78 is 4.44. The van der Waals surface area contributed by atoms with E-state index in [9.17, 15) is 4.79 Å². The Kier molecular flexibility index (Phi) is 7.28. The van der Waals surface area contributed by atoms with Gasteiger partial charge in [-0.2, -0.15) is 5.48 Å². The lowest BCUT2D eigenvalue weighted by Crippen LogP contribution is -2.35. The summed E-state index contributed by atoms with van der Waals surface area (Å²) in [5.41, 5.74) is 1.84. The Hall–Kier alpha value is -0.715. The van der Waals surface area contributed by atoms with E-state index in [-0.39, 0.29) is 6.42 Å². The highest BCUT2D eigenvalue weighted by Gasteiger charge is 2.18. The molecule has 0 saturated heterocycles. The quantitative estimate of drug-likeness (QED) is 0.203. The van der Waals surface area contributed by atoms with E-state index in [1.807, 2.05) is 5.48 Å². The lowest BCUT2D eigenvalue weighted by Gasteiger charge is -2.11. The van der Waals surface area contributed by atoms with Crippen LogP contribution in [0.25, 0.3) is 0 Å². The number of ether oxygens (including phenoxy) is 1. The van der Waals surface area contributed by atoms with E-state index in [0.717, 1.165) is 0 Å². The number of methoxy groups -OCH3 is 1. The van der Waals surface area contributed by atoms with E-state index in [0.29, 0.717) is 4.91 Å². The minimum atomic E-state index is -0.810. The van der Waals surface area contributed by atoms with Gasteiger partial charge >= 0.3 is 5.97 Å². The molecule has 14 heavy (non-hydrogen) atoms. The SMILES string of the molecule is [B]/C=C/C=C(\S)CC(NO)C(=O)OC. The van der Waals surface area contributed by atoms with Gasteiger partial charge in [-0.1, -0.05) is 12.2 Å². The first-order valence-corrected chi connectivity index (χ1v) is 4.34. The molecule has 0 heterocycles. The maximum absolute atomic E-state index is 11.0. The molecule has 2 N–H and O–H groups in total.